The van der Waals surface area contributed by atoms with Crippen LogP contribution in [-0.2, 0) is 16.6 Å². The lowest BCUT2D eigenvalue weighted by Crippen LogP contribution is -2.27. The van der Waals surface area contributed by atoms with Crippen molar-refractivity contribution in [3.05, 3.63) is 72.1 Å². The Morgan fingerprint density at radius 2 is 1.86 bits per heavy atom. The van der Waals surface area contributed by atoms with Crippen molar-refractivity contribution in [2.45, 2.75) is 11.4 Å². The number of imidazole rings is 1. The molecule has 0 spiro atoms. The molecule has 0 saturated heterocycles. The minimum Gasteiger partial charge on any atom is -0.307 e. The molecule has 0 saturated carbocycles. The summed E-state index contributed by atoms with van der Waals surface area (Å²) in [5, 5.41) is 0.368. The molecule has 28 heavy (non-hydrogen) atoms. The van der Waals surface area contributed by atoms with Crippen LogP contribution in [0.1, 0.15) is 0 Å². The first-order valence-corrected chi connectivity index (χ1v) is 10.4. The average molecular weight is 414 g/mol. The SMILES string of the molecule is O=S(=O)(NCCn1c(-c2ccncc2)nc2cccnc21)c1cccc(Cl)c1. The summed E-state index contributed by atoms with van der Waals surface area (Å²) in [4.78, 5) is 13.2. The molecule has 0 aliphatic carbocycles. The van der Waals surface area contributed by atoms with Crippen LogP contribution >= 0.6 is 11.6 Å². The van der Waals surface area contributed by atoms with E-state index in [1.54, 1.807) is 30.7 Å². The molecule has 9 heteroatoms. The second-order valence-corrected chi connectivity index (χ2v) is 8.23. The summed E-state index contributed by atoms with van der Waals surface area (Å²) < 4.78 is 29.5. The van der Waals surface area contributed by atoms with Gasteiger partial charge in [0.05, 0.1) is 4.90 Å². The molecule has 0 unspecified atom stereocenters. The van der Waals surface area contributed by atoms with Gasteiger partial charge < -0.3 is 4.57 Å². The van der Waals surface area contributed by atoms with Gasteiger partial charge in [0.15, 0.2) is 5.65 Å². The number of fused-ring (bicyclic) bond motifs is 1. The number of halogens is 1. The van der Waals surface area contributed by atoms with Gasteiger partial charge in [0.1, 0.15) is 11.3 Å². The standard InChI is InChI=1S/C19H16ClN5O2S/c20-15-3-1-4-16(13-15)28(26,27)23-11-12-25-18(14-6-9-21-10-7-14)24-17-5-2-8-22-19(17)25/h1-10,13,23H,11-12H2. The van der Waals surface area contributed by atoms with Gasteiger partial charge in [-0.05, 0) is 42.5 Å². The monoisotopic (exact) mass is 413 g/mol. The zero-order valence-corrected chi connectivity index (χ0v) is 16.2. The quantitative estimate of drug-likeness (QED) is 0.524. The smallest absolute Gasteiger partial charge is 0.240 e. The normalized spacial score (nSPS) is 11.8. The minimum atomic E-state index is -3.67. The molecule has 0 bridgehead atoms. The summed E-state index contributed by atoms with van der Waals surface area (Å²) in [6.07, 6.45) is 5.07. The number of sulfonamides is 1. The lowest BCUT2D eigenvalue weighted by molar-refractivity contribution is 0.574. The van der Waals surface area contributed by atoms with Gasteiger partial charge in [-0.1, -0.05) is 17.7 Å². The second-order valence-electron chi connectivity index (χ2n) is 6.02. The van der Waals surface area contributed by atoms with Crippen LogP contribution in [0, 0.1) is 0 Å². The van der Waals surface area contributed by atoms with Crippen molar-refractivity contribution in [2.24, 2.45) is 0 Å². The fourth-order valence-corrected chi connectivity index (χ4v) is 4.22. The summed E-state index contributed by atoms with van der Waals surface area (Å²) in [6, 6.07) is 13.6. The number of nitrogens with zero attached hydrogens (tertiary/aromatic N) is 4. The predicted molar refractivity (Wildman–Crippen MR) is 107 cm³/mol. The molecule has 0 amide bonds. The van der Waals surface area contributed by atoms with Gasteiger partial charge in [-0.15, -0.1) is 0 Å². The zero-order valence-electron chi connectivity index (χ0n) is 14.7. The number of hydrogen-bond acceptors (Lipinski definition) is 5. The van der Waals surface area contributed by atoms with E-state index in [0.29, 0.717) is 23.0 Å². The first-order chi connectivity index (χ1) is 13.5. The highest BCUT2D eigenvalue weighted by Crippen LogP contribution is 2.23. The Balaban J connectivity index is 1.61. The Labute approximate surface area is 167 Å². The molecule has 0 atom stereocenters. The number of benzene rings is 1. The third-order valence-electron chi connectivity index (χ3n) is 4.18. The fraction of sp³-hybridized carbons (Fsp3) is 0.105. The molecule has 4 aromatic rings. The molecule has 1 aromatic carbocycles. The Morgan fingerprint density at radius 3 is 2.64 bits per heavy atom. The van der Waals surface area contributed by atoms with Crippen molar-refractivity contribution in [3.63, 3.8) is 0 Å². The van der Waals surface area contributed by atoms with Crippen LogP contribution in [0.25, 0.3) is 22.6 Å². The molecule has 7 nitrogen and oxygen atoms in total. The molecule has 0 radical (unpaired) electrons. The molecule has 4 rings (SSSR count). The number of aromatic nitrogens is 4. The molecular weight excluding hydrogens is 398 g/mol. The zero-order chi connectivity index (χ0) is 19.6. The molecule has 3 heterocycles. The van der Waals surface area contributed by atoms with Crippen LogP contribution in [0.2, 0.25) is 5.02 Å². The number of rotatable bonds is 6. The third kappa shape index (κ3) is 3.75. The van der Waals surface area contributed by atoms with Crippen LogP contribution in [0.5, 0.6) is 0 Å². The molecular formula is C19H16ClN5O2S. The van der Waals surface area contributed by atoms with Crippen molar-refractivity contribution in [2.75, 3.05) is 6.54 Å². The minimum absolute atomic E-state index is 0.128. The van der Waals surface area contributed by atoms with Crippen LogP contribution in [-0.4, -0.2) is 34.5 Å². The topological polar surface area (TPSA) is 89.8 Å². The summed E-state index contributed by atoms with van der Waals surface area (Å²) in [7, 11) is -3.67. The van der Waals surface area contributed by atoms with Crippen LogP contribution in [0.4, 0.5) is 0 Å². The van der Waals surface area contributed by atoms with E-state index < -0.39 is 10.0 Å². The predicted octanol–water partition coefficient (Wildman–Crippen LogP) is 3.13. The van der Waals surface area contributed by atoms with Crippen LogP contribution in [0.15, 0.2) is 72.0 Å². The van der Waals surface area contributed by atoms with Gasteiger partial charge in [0.25, 0.3) is 0 Å². The lowest BCUT2D eigenvalue weighted by atomic mass is 10.2. The van der Waals surface area contributed by atoms with E-state index in [-0.39, 0.29) is 11.4 Å². The van der Waals surface area contributed by atoms with Crippen molar-refractivity contribution >= 4 is 32.8 Å². The van der Waals surface area contributed by atoms with Crippen LogP contribution < -0.4 is 4.72 Å². The Morgan fingerprint density at radius 1 is 1.04 bits per heavy atom. The highest BCUT2D eigenvalue weighted by molar-refractivity contribution is 7.89. The van der Waals surface area contributed by atoms with Gasteiger partial charge >= 0.3 is 0 Å². The van der Waals surface area contributed by atoms with Gasteiger partial charge in [0, 0.05) is 42.3 Å². The summed E-state index contributed by atoms with van der Waals surface area (Å²) in [5.41, 5.74) is 2.31. The molecule has 0 aliphatic heterocycles. The maximum Gasteiger partial charge on any atom is 0.240 e. The first-order valence-electron chi connectivity index (χ1n) is 8.51. The molecule has 3 aromatic heterocycles. The summed E-state index contributed by atoms with van der Waals surface area (Å²) in [5.74, 6) is 0.707. The van der Waals surface area contributed by atoms with E-state index in [1.165, 1.54) is 12.1 Å². The van der Waals surface area contributed by atoms with Crippen molar-refractivity contribution in [1.82, 2.24) is 24.2 Å². The van der Waals surface area contributed by atoms with Gasteiger partial charge in [-0.3, -0.25) is 4.98 Å². The number of pyridine rings is 2. The third-order valence-corrected chi connectivity index (χ3v) is 5.87. The number of hydrogen-bond donors (Lipinski definition) is 1. The summed E-state index contributed by atoms with van der Waals surface area (Å²) >= 11 is 5.90. The second kappa shape index (κ2) is 7.67. The van der Waals surface area contributed by atoms with E-state index in [0.717, 1.165) is 11.1 Å². The van der Waals surface area contributed by atoms with Crippen molar-refractivity contribution in [3.8, 4) is 11.4 Å². The van der Waals surface area contributed by atoms with E-state index in [9.17, 15) is 8.42 Å². The van der Waals surface area contributed by atoms with E-state index in [1.807, 2.05) is 28.8 Å². The van der Waals surface area contributed by atoms with Gasteiger partial charge in [-0.2, -0.15) is 0 Å². The van der Waals surface area contributed by atoms with Crippen molar-refractivity contribution < 1.29 is 8.42 Å². The lowest BCUT2D eigenvalue weighted by Gasteiger charge is -2.10. The molecule has 142 valence electrons. The van der Waals surface area contributed by atoms with Crippen molar-refractivity contribution in [1.29, 1.82) is 0 Å². The highest BCUT2D eigenvalue weighted by atomic mass is 35.5. The van der Waals surface area contributed by atoms with E-state index in [2.05, 4.69) is 19.7 Å². The van der Waals surface area contributed by atoms with Gasteiger partial charge in [0.2, 0.25) is 10.0 Å². The van der Waals surface area contributed by atoms with E-state index in [4.69, 9.17) is 11.6 Å². The van der Waals surface area contributed by atoms with Gasteiger partial charge in [-0.25, -0.2) is 23.1 Å². The van der Waals surface area contributed by atoms with E-state index >= 15 is 0 Å². The first kappa shape index (κ1) is 18.5. The Hall–Kier alpha value is -2.81. The summed E-state index contributed by atoms with van der Waals surface area (Å²) in [6.45, 7) is 0.542. The Kier molecular flexibility index (Phi) is 5.08. The average Bonchev–Trinajstić information content (AvgIpc) is 3.07. The fourth-order valence-electron chi connectivity index (χ4n) is 2.90. The maximum atomic E-state index is 12.5. The molecule has 1 N–H and O–H groups in total. The highest BCUT2D eigenvalue weighted by Gasteiger charge is 2.16. The molecule has 0 aliphatic rings. The maximum absolute atomic E-state index is 12.5. The van der Waals surface area contributed by atoms with Crippen LogP contribution in [0.3, 0.4) is 0 Å². The Bertz CT molecular complexity index is 1230. The largest absolute Gasteiger partial charge is 0.307 e. The number of nitrogens with one attached hydrogen (secondary N) is 1. The molecule has 0 fully saturated rings.